The molecule has 1 fully saturated rings. The summed E-state index contributed by atoms with van der Waals surface area (Å²) in [4.78, 5) is 0. The molecular formula is C12H18N4. The van der Waals surface area contributed by atoms with Crippen molar-refractivity contribution in [2.75, 3.05) is 6.54 Å². The van der Waals surface area contributed by atoms with Crippen LogP contribution < -0.4 is 5.32 Å². The summed E-state index contributed by atoms with van der Waals surface area (Å²) in [6.45, 7) is 1.81. The lowest BCUT2D eigenvalue weighted by molar-refractivity contribution is 0.625. The van der Waals surface area contributed by atoms with Crippen molar-refractivity contribution in [3.05, 3.63) is 18.0 Å². The van der Waals surface area contributed by atoms with E-state index < -0.39 is 0 Å². The molecule has 1 aromatic rings. The molecule has 16 heavy (non-hydrogen) atoms. The fraction of sp³-hybridized carbons (Fsp3) is 0.667. The van der Waals surface area contributed by atoms with Gasteiger partial charge in [0.05, 0.1) is 25.2 Å². The van der Waals surface area contributed by atoms with Crippen molar-refractivity contribution in [1.82, 2.24) is 15.1 Å². The van der Waals surface area contributed by atoms with E-state index in [-0.39, 0.29) is 0 Å². The number of nitriles is 1. The van der Waals surface area contributed by atoms with Gasteiger partial charge in [0.25, 0.3) is 0 Å². The molecular weight excluding hydrogens is 200 g/mol. The summed E-state index contributed by atoms with van der Waals surface area (Å²) in [7, 11) is 0. The smallest absolute Gasteiger partial charge is 0.0641 e. The SMILES string of the molecule is N#CCCn1cc(CCCNC2CC2)cn1. The third-order valence-corrected chi connectivity index (χ3v) is 2.79. The van der Waals surface area contributed by atoms with Gasteiger partial charge >= 0.3 is 0 Å². The molecule has 0 aliphatic heterocycles. The van der Waals surface area contributed by atoms with Crippen LogP contribution in [-0.4, -0.2) is 22.4 Å². The van der Waals surface area contributed by atoms with Crippen LogP contribution in [0.15, 0.2) is 12.4 Å². The van der Waals surface area contributed by atoms with Gasteiger partial charge in [-0.15, -0.1) is 0 Å². The van der Waals surface area contributed by atoms with Gasteiger partial charge in [-0.2, -0.15) is 10.4 Å². The number of aryl methyl sites for hydroxylation is 2. The van der Waals surface area contributed by atoms with Crippen LogP contribution in [0.2, 0.25) is 0 Å². The van der Waals surface area contributed by atoms with Crippen LogP contribution >= 0.6 is 0 Å². The van der Waals surface area contributed by atoms with Crippen LogP contribution in [0.3, 0.4) is 0 Å². The lowest BCUT2D eigenvalue weighted by atomic mass is 10.2. The van der Waals surface area contributed by atoms with Crippen molar-refractivity contribution in [2.45, 2.75) is 44.7 Å². The Bertz CT molecular complexity index is 359. The number of nitrogens with one attached hydrogen (secondary N) is 1. The molecule has 1 N–H and O–H groups in total. The molecule has 1 aliphatic carbocycles. The third kappa shape index (κ3) is 3.67. The predicted octanol–water partition coefficient (Wildman–Crippen LogP) is 1.48. The highest BCUT2D eigenvalue weighted by Gasteiger charge is 2.19. The monoisotopic (exact) mass is 218 g/mol. The first-order valence-electron chi connectivity index (χ1n) is 6.00. The number of hydrogen-bond acceptors (Lipinski definition) is 3. The van der Waals surface area contributed by atoms with E-state index in [2.05, 4.69) is 22.7 Å². The Kier molecular flexibility index (Phi) is 3.95. The van der Waals surface area contributed by atoms with Crippen LogP contribution in [0.5, 0.6) is 0 Å². The van der Waals surface area contributed by atoms with Crippen LogP contribution in [0.1, 0.15) is 31.2 Å². The summed E-state index contributed by atoms with van der Waals surface area (Å²) >= 11 is 0. The maximum absolute atomic E-state index is 8.47. The van der Waals surface area contributed by atoms with Crippen molar-refractivity contribution in [3.8, 4) is 6.07 Å². The summed E-state index contributed by atoms with van der Waals surface area (Å²) in [5.74, 6) is 0. The van der Waals surface area contributed by atoms with Gasteiger partial charge in [-0.05, 0) is 37.8 Å². The van der Waals surface area contributed by atoms with Gasteiger partial charge in [0, 0.05) is 12.2 Å². The maximum atomic E-state index is 8.47. The largest absolute Gasteiger partial charge is 0.314 e. The Balaban J connectivity index is 1.63. The molecule has 1 saturated carbocycles. The van der Waals surface area contributed by atoms with Crippen LogP contribution in [0.25, 0.3) is 0 Å². The normalized spacial score (nSPS) is 14.9. The summed E-state index contributed by atoms with van der Waals surface area (Å²) in [5, 5.41) is 16.2. The zero-order valence-electron chi connectivity index (χ0n) is 9.52. The van der Waals surface area contributed by atoms with Crippen LogP contribution in [0, 0.1) is 11.3 Å². The quantitative estimate of drug-likeness (QED) is 0.705. The molecule has 1 heterocycles. The number of rotatable bonds is 7. The number of nitrogens with zero attached hydrogens (tertiary/aromatic N) is 3. The van der Waals surface area contributed by atoms with E-state index in [1.807, 2.05) is 10.9 Å². The highest BCUT2D eigenvalue weighted by Crippen LogP contribution is 2.18. The second-order valence-corrected chi connectivity index (χ2v) is 4.35. The second kappa shape index (κ2) is 5.66. The third-order valence-electron chi connectivity index (χ3n) is 2.79. The zero-order valence-corrected chi connectivity index (χ0v) is 9.52. The Morgan fingerprint density at radius 2 is 2.44 bits per heavy atom. The van der Waals surface area contributed by atoms with E-state index in [1.165, 1.54) is 24.8 Å². The minimum Gasteiger partial charge on any atom is -0.314 e. The first kappa shape index (κ1) is 11.2. The summed E-state index contributed by atoms with van der Waals surface area (Å²) in [6.07, 6.45) is 9.44. The van der Waals surface area contributed by atoms with Gasteiger partial charge in [-0.1, -0.05) is 0 Å². The second-order valence-electron chi connectivity index (χ2n) is 4.35. The standard InChI is InChI=1S/C12H18N4/c13-6-2-8-16-10-11(9-15-16)3-1-7-14-12-4-5-12/h9-10,12,14H,1-5,7-8H2. The molecule has 0 bridgehead atoms. The van der Waals surface area contributed by atoms with Crippen LogP contribution in [-0.2, 0) is 13.0 Å². The Labute approximate surface area is 96.3 Å². The molecule has 0 unspecified atom stereocenters. The summed E-state index contributed by atoms with van der Waals surface area (Å²) < 4.78 is 1.85. The molecule has 0 saturated heterocycles. The molecule has 0 amide bonds. The van der Waals surface area contributed by atoms with Crippen molar-refractivity contribution < 1.29 is 0 Å². The van der Waals surface area contributed by atoms with E-state index in [1.54, 1.807) is 0 Å². The Hall–Kier alpha value is -1.34. The Morgan fingerprint density at radius 1 is 1.56 bits per heavy atom. The van der Waals surface area contributed by atoms with E-state index in [4.69, 9.17) is 5.26 Å². The van der Waals surface area contributed by atoms with Gasteiger partial charge in [-0.3, -0.25) is 4.68 Å². The van der Waals surface area contributed by atoms with Crippen molar-refractivity contribution in [2.24, 2.45) is 0 Å². The highest BCUT2D eigenvalue weighted by molar-refractivity contribution is 5.04. The lowest BCUT2D eigenvalue weighted by Gasteiger charge is -2.00. The molecule has 0 aromatic carbocycles. The lowest BCUT2D eigenvalue weighted by Crippen LogP contribution is -2.17. The summed E-state index contributed by atoms with van der Waals surface area (Å²) in [5.41, 5.74) is 1.27. The maximum Gasteiger partial charge on any atom is 0.0641 e. The van der Waals surface area contributed by atoms with E-state index >= 15 is 0 Å². The summed E-state index contributed by atoms with van der Waals surface area (Å²) in [6, 6.07) is 2.93. The molecule has 4 heteroatoms. The average Bonchev–Trinajstić information content (AvgIpc) is 3.01. The van der Waals surface area contributed by atoms with Crippen molar-refractivity contribution >= 4 is 0 Å². The van der Waals surface area contributed by atoms with Gasteiger partial charge < -0.3 is 5.32 Å². The number of aromatic nitrogens is 2. The minimum atomic E-state index is 0.532. The fourth-order valence-electron chi connectivity index (χ4n) is 1.71. The number of hydrogen-bond donors (Lipinski definition) is 1. The molecule has 1 aromatic heterocycles. The highest BCUT2D eigenvalue weighted by atomic mass is 15.3. The predicted molar refractivity (Wildman–Crippen MR) is 61.8 cm³/mol. The molecule has 2 rings (SSSR count). The zero-order chi connectivity index (χ0) is 11.2. The van der Waals surface area contributed by atoms with Gasteiger partial charge in [0.1, 0.15) is 0 Å². The van der Waals surface area contributed by atoms with E-state index in [0.29, 0.717) is 13.0 Å². The first-order chi connectivity index (χ1) is 7.88. The van der Waals surface area contributed by atoms with Crippen LogP contribution in [0.4, 0.5) is 0 Å². The fourth-order valence-corrected chi connectivity index (χ4v) is 1.71. The topological polar surface area (TPSA) is 53.6 Å². The average molecular weight is 218 g/mol. The molecule has 1 aliphatic rings. The first-order valence-corrected chi connectivity index (χ1v) is 6.00. The van der Waals surface area contributed by atoms with E-state index in [0.717, 1.165) is 19.0 Å². The van der Waals surface area contributed by atoms with Gasteiger partial charge in [-0.25, -0.2) is 0 Å². The van der Waals surface area contributed by atoms with Crippen molar-refractivity contribution in [1.29, 1.82) is 5.26 Å². The van der Waals surface area contributed by atoms with Gasteiger partial charge in [0.2, 0.25) is 0 Å². The molecule has 86 valence electrons. The minimum absolute atomic E-state index is 0.532. The van der Waals surface area contributed by atoms with Crippen molar-refractivity contribution in [3.63, 3.8) is 0 Å². The molecule has 4 nitrogen and oxygen atoms in total. The molecule has 0 radical (unpaired) electrons. The van der Waals surface area contributed by atoms with Gasteiger partial charge in [0.15, 0.2) is 0 Å². The Morgan fingerprint density at radius 3 is 3.19 bits per heavy atom. The molecule has 0 atom stereocenters. The van der Waals surface area contributed by atoms with E-state index in [9.17, 15) is 0 Å². The molecule has 0 spiro atoms.